The molecule has 5 rings (SSSR count). The third-order valence-electron chi connectivity index (χ3n) is 4.34. The van der Waals surface area contributed by atoms with Gasteiger partial charge in [0, 0.05) is 17.8 Å². The Morgan fingerprint density at radius 2 is 2.10 bits per heavy atom. The van der Waals surface area contributed by atoms with Crippen LogP contribution in [0.4, 0.5) is 5.69 Å². The minimum Gasteiger partial charge on any atom is -0.491 e. The molecule has 1 atom stereocenters. The fraction of sp³-hybridized carbons (Fsp3) is 0.176. The Hall–Kier alpha value is -2.20. The second-order valence-corrected chi connectivity index (χ2v) is 6.82. The van der Waals surface area contributed by atoms with Gasteiger partial charge in [0.05, 0.1) is 26.3 Å². The molecule has 0 radical (unpaired) electrons. The molecule has 21 heavy (non-hydrogen) atoms. The molecule has 0 amide bonds. The zero-order chi connectivity index (χ0) is 14.0. The summed E-state index contributed by atoms with van der Waals surface area (Å²) >= 11 is 1.73. The number of hydrogen-bond acceptors (Lipinski definition) is 4. The van der Waals surface area contributed by atoms with Gasteiger partial charge in [-0.1, -0.05) is 18.2 Å². The lowest BCUT2D eigenvalue weighted by Gasteiger charge is -2.20. The van der Waals surface area contributed by atoms with Gasteiger partial charge in [-0.3, -0.25) is 4.99 Å². The second kappa shape index (κ2) is 3.71. The van der Waals surface area contributed by atoms with E-state index in [9.17, 15) is 0 Å². The molecule has 2 aromatic carbocycles. The summed E-state index contributed by atoms with van der Waals surface area (Å²) in [6.45, 7) is 2.66. The average Bonchev–Trinajstić information content (AvgIpc) is 3.14. The lowest BCUT2D eigenvalue weighted by Crippen LogP contribution is -2.28. The number of nitrogens with zero attached hydrogens (tertiary/aromatic N) is 2. The number of thiazole rings is 1. The summed E-state index contributed by atoms with van der Waals surface area (Å²) in [5, 5.41) is 1.09. The Labute approximate surface area is 125 Å². The zero-order valence-electron chi connectivity index (χ0n) is 11.5. The lowest BCUT2D eigenvalue weighted by atomic mass is 9.78. The van der Waals surface area contributed by atoms with E-state index in [0.29, 0.717) is 6.61 Å². The molecule has 3 nitrogen and oxygen atoms in total. The van der Waals surface area contributed by atoms with Gasteiger partial charge >= 0.3 is 0 Å². The molecule has 0 aliphatic carbocycles. The molecule has 3 heterocycles. The van der Waals surface area contributed by atoms with E-state index >= 15 is 0 Å². The van der Waals surface area contributed by atoms with Gasteiger partial charge in [0.1, 0.15) is 12.4 Å². The van der Waals surface area contributed by atoms with Crippen molar-refractivity contribution in [3.05, 3.63) is 52.5 Å². The molecule has 1 unspecified atom stereocenters. The van der Waals surface area contributed by atoms with Crippen LogP contribution < -0.4 is 4.74 Å². The van der Waals surface area contributed by atoms with E-state index in [-0.39, 0.29) is 5.41 Å². The van der Waals surface area contributed by atoms with Crippen molar-refractivity contribution in [2.24, 2.45) is 4.99 Å². The largest absolute Gasteiger partial charge is 0.491 e. The van der Waals surface area contributed by atoms with Crippen molar-refractivity contribution in [1.82, 2.24) is 4.98 Å². The summed E-state index contributed by atoms with van der Waals surface area (Å²) in [6.07, 6.45) is 2.04. The van der Waals surface area contributed by atoms with Crippen molar-refractivity contribution in [3.8, 4) is 5.75 Å². The summed E-state index contributed by atoms with van der Waals surface area (Å²) in [7, 11) is 0. The molecule has 4 heteroatoms. The first-order chi connectivity index (χ1) is 10.3. The number of benzene rings is 2. The number of rotatable bonds is 0. The fourth-order valence-electron chi connectivity index (χ4n) is 3.35. The highest BCUT2D eigenvalue weighted by molar-refractivity contribution is 7.18. The number of ether oxygens (including phenoxy) is 1. The van der Waals surface area contributed by atoms with E-state index in [1.807, 2.05) is 19.2 Å². The highest BCUT2D eigenvalue weighted by atomic mass is 32.1. The lowest BCUT2D eigenvalue weighted by molar-refractivity contribution is 0.328. The van der Waals surface area contributed by atoms with Gasteiger partial charge in [0.15, 0.2) is 0 Å². The van der Waals surface area contributed by atoms with Gasteiger partial charge in [-0.15, -0.1) is 11.3 Å². The Morgan fingerprint density at radius 1 is 1.19 bits per heavy atom. The second-order valence-electron chi connectivity index (χ2n) is 5.58. The van der Waals surface area contributed by atoms with E-state index in [2.05, 4.69) is 40.3 Å². The van der Waals surface area contributed by atoms with E-state index in [1.54, 1.807) is 11.3 Å². The van der Waals surface area contributed by atoms with Gasteiger partial charge in [0.25, 0.3) is 0 Å². The summed E-state index contributed by atoms with van der Waals surface area (Å²) in [5.41, 5.74) is 4.31. The first kappa shape index (κ1) is 11.5. The monoisotopic (exact) mass is 292 g/mol. The van der Waals surface area contributed by atoms with Crippen molar-refractivity contribution >= 4 is 33.5 Å². The molecule has 0 bridgehead atoms. The average molecular weight is 292 g/mol. The predicted molar refractivity (Wildman–Crippen MR) is 85.2 cm³/mol. The van der Waals surface area contributed by atoms with E-state index in [1.165, 1.54) is 15.8 Å². The zero-order valence-corrected chi connectivity index (χ0v) is 12.3. The fourth-order valence-corrected chi connectivity index (χ4v) is 4.20. The number of aromatic nitrogens is 1. The van der Waals surface area contributed by atoms with Crippen LogP contribution in [0, 0.1) is 6.92 Å². The van der Waals surface area contributed by atoms with Crippen LogP contribution in [0.3, 0.4) is 0 Å². The number of hydrogen-bond donors (Lipinski definition) is 0. The molecule has 1 aromatic heterocycles. The molecule has 1 spiro atoms. The van der Waals surface area contributed by atoms with E-state index < -0.39 is 0 Å². The molecule has 3 aromatic rings. The number of para-hydroxylation sites is 1. The van der Waals surface area contributed by atoms with Gasteiger partial charge in [0.2, 0.25) is 0 Å². The maximum absolute atomic E-state index is 5.98. The number of fused-ring (bicyclic) bond motifs is 5. The molecular weight excluding hydrogens is 280 g/mol. The Balaban J connectivity index is 1.81. The Kier molecular flexibility index (Phi) is 2.02. The molecule has 0 fully saturated rings. The number of aliphatic imine (C=N–C) groups is 1. The van der Waals surface area contributed by atoms with Crippen LogP contribution in [-0.4, -0.2) is 17.8 Å². The van der Waals surface area contributed by atoms with Crippen LogP contribution >= 0.6 is 11.3 Å². The van der Waals surface area contributed by atoms with Gasteiger partial charge in [-0.05, 0) is 24.6 Å². The molecule has 102 valence electrons. The van der Waals surface area contributed by atoms with Crippen LogP contribution in [-0.2, 0) is 5.41 Å². The third-order valence-corrected chi connectivity index (χ3v) is 5.27. The molecule has 2 aliphatic heterocycles. The highest BCUT2D eigenvalue weighted by Gasteiger charge is 2.45. The molecule has 0 saturated carbocycles. The topological polar surface area (TPSA) is 34.5 Å². The van der Waals surface area contributed by atoms with Crippen LogP contribution in [0.2, 0.25) is 0 Å². The first-order valence-electron chi connectivity index (χ1n) is 6.95. The predicted octanol–water partition coefficient (Wildman–Crippen LogP) is 4.00. The van der Waals surface area contributed by atoms with E-state index in [4.69, 9.17) is 4.74 Å². The molecule has 2 aliphatic rings. The van der Waals surface area contributed by atoms with E-state index in [0.717, 1.165) is 22.0 Å². The Bertz CT molecular complexity index is 928. The van der Waals surface area contributed by atoms with Crippen molar-refractivity contribution in [3.63, 3.8) is 0 Å². The highest BCUT2D eigenvalue weighted by Crippen LogP contribution is 2.49. The van der Waals surface area contributed by atoms with Crippen molar-refractivity contribution in [2.45, 2.75) is 12.3 Å². The smallest absolute Gasteiger partial charge is 0.126 e. The quantitative estimate of drug-likeness (QED) is 0.627. The Morgan fingerprint density at radius 3 is 3.05 bits per heavy atom. The van der Waals surface area contributed by atoms with Gasteiger partial charge < -0.3 is 4.74 Å². The van der Waals surface area contributed by atoms with Crippen LogP contribution in [0.25, 0.3) is 10.2 Å². The van der Waals surface area contributed by atoms with Crippen molar-refractivity contribution < 1.29 is 4.74 Å². The third kappa shape index (κ3) is 1.38. The normalized spacial score (nSPS) is 21.8. The van der Waals surface area contributed by atoms with Crippen LogP contribution in [0.1, 0.15) is 16.1 Å². The first-order valence-corrected chi connectivity index (χ1v) is 7.77. The standard InChI is InChI=1S/C17H12N2OS/c1-10-19-14-7-15-12(6-16(14)21-10)17(9-20-15)8-18-13-5-3-2-4-11(13)17/h2-8H,9H2,1H3. The summed E-state index contributed by atoms with van der Waals surface area (Å²) < 4.78 is 7.20. The summed E-state index contributed by atoms with van der Waals surface area (Å²) in [5.74, 6) is 0.941. The maximum atomic E-state index is 5.98. The SMILES string of the molecule is Cc1nc2cc3c(cc2s1)C1(C=Nc2ccccc21)CO3. The van der Waals surface area contributed by atoms with Crippen molar-refractivity contribution in [1.29, 1.82) is 0 Å². The molecule has 0 N–H and O–H groups in total. The summed E-state index contributed by atoms with van der Waals surface area (Å²) in [6, 6.07) is 12.6. The molecule has 0 saturated heterocycles. The minimum atomic E-state index is -0.224. The minimum absolute atomic E-state index is 0.224. The summed E-state index contributed by atoms with van der Waals surface area (Å²) in [4.78, 5) is 9.16. The maximum Gasteiger partial charge on any atom is 0.126 e. The van der Waals surface area contributed by atoms with Crippen LogP contribution in [0.5, 0.6) is 5.75 Å². The van der Waals surface area contributed by atoms with Gasteiger partial charge in [-0.2, -0.15) is 0 Å². The number of aryl methyl sites for hydroxylation is 1. The molecular formula is C17H12N2OS. The van der Waals surface area contributed by atoms with Crippen LogP contribution in [0.15, 0.2) is 41.4 Å². The van der Waals surface area contributed by atoms with Crippen molar-refractivity contribution in [2.75, 3.05) is 6.61 Å². The van der Waals surface area contributed by atoms with Gasteiger partial charge in [-0.25, -0.2) is 4.98 Å².